The van der Waals surface area contributed by atoms with Gasteiger partial charge in [-0.1, -0.05) is 17.7 Å². The van der Waals surface area contributed by atoms with Crippen molar-refractivity contribution in [3.05, 3.63) is 64.0 Å². The van der Waals surface area contributed by atoms with Crippen LogP contribution in [0, 0.1) is 0 Å². The first-order valence-electron chi connectivity index (χ1n) is 11.0. The first kappa shape index (κ1) is 24.9. The number of carbonyl (C=O) groups excluding carboxylic acids is 1. The van der Waals surface area contributed by atoms with Gasteiger partial charge in [-0.25, -0.2) is 4.98 Å². The van der Waals surface area contributed by atoms with E-state index in [1.807, 2.05) is 12.1 Å². The zero-order chi connectivity index (χ0) is 26.0. The molecule has 0 saturated carbocycles. The summed E-state index contributed by atoms with van der Waals surface area (Å²) in [5.74, 6) is 1.81. The van der Waals surface area contributed by atoms with Crippen molar-refractivity contribution in [3.63, 3.8) is 0 Å². The Labute approximate surface area is 213 Å². The van der Waals surface area contributed by atoms with Gasteiger partial charge in [0.2, 0.25) is 11.7 Å². The number of benzene rings is 2. The van der Waals surface area contributed by atoms with E-state index in [1.54, 1.807) is 52.7 Å². The van der Waals surface area contributed by atoms with Gasteiger partial charge >= 0.3 is 0 Å². The molecular weight excluding hydrogens is 484 g/mol. The number of fused-ring (bicyclic) bond motifs is 1. The maximum Gasteiger partial charge on any atom is 0.255 e. The Morgan fingerprint density at radius 1 is 1.17 bits per heavy atom. The maximum atomic E-state index is 12.6. The molecule has 2 aromatic heterocycles. The largest absolute Gasteiger partial charge is 0.493 e. The minimum atomic E-state index is -0.165. The molecule has 0 aliphatic carbocycles. The van der Waals surface area contributed by atoms with Gasteiger partial charge in [-0.05, 0) is 29.8 Å². The summed E-state index contributed by atoms with van der Waals surface area (Å²) in [5, 5.41) is 4.48. The van der Waals surface area contributed by atoms with Crippen LogP contribution in [0.1, 0.15) is 27.2 Å². The average Bonchev–Trinajstić information content (AvgIpc) is 3.28. The number of ether oxygens (including phenoxy) is 2. The number of furan rings is 1. The average molecular weight is 511 g/mol. The topological polar surface area (TPSA) is 142 Å². The van der Waals surface area contributed by atoms with Gasteiger partial charge in [-0.15, -0.1) is 0 Å². The number of nitrogen functional groups attached to an aromatic ring is 2. The Morgan fingerprint density at radius 2 is 1.94 bits per heavy atom. The third kappa shape index (κ3) is 4.80. The van der Waals surface area contributed by atoms with E-state index in [4.69, 9.17) is 37.0 Å². The van der Waals surface area contributed by atoms with E-state index in [0.29, 0.717) is 56.9 Å². The number of nitrogens with two attached hydrogens (primary N) is 2. The molecule has 1 amide bonds. The molecule has 4 rings (SSSR count). The number of rotatable bonds is 8. The summed E-state index contributed by atoms with van der Waals surface area (Å²) in [4.78, 5) is 22.2. The molecule has 4 aromatic rings. The molecule has 0 spiro atoms. The van der Waals surface area contributed by atoms with Crippen LogP contribution >= 0.6 is 11.6 Å². The lowest BCUT2D eigenvalue weighted by atomic mass is 10.0. The highest BCUT2D eigenvalue weighted by atomic mass is 35.5. The SMILES string of the molecule is COc1cc(Cc2cnc(N)nc2N)c2cc(CNc3c(Cl)cccc3C(=O)N(C)C)oc2c1OC. The van der Waals surface area contributed by atoms with Gasteiger partial charge in [-0.2, -0.15) is 4.98 Å². The van der Waals surface area contributed by atoms with E-state index in [9.17, 15) is 4.79 Å². The smallest absolute Gasteiger partial charge is 0.255 e. The monoisotopic (exact) mass is 510 g/mol. The van der Waals surface area contributed by atoms with E-state index >= 15 is 0 Å². The van der Waals surface area contributed by atoms with Gasteiger partial charge in [0.25, 0.3) is 5.91 Å². The molecule has 36 heavy (non-hydrogen) atoms. The van der Waals surface area contributed by atoms with Crippen molar-refractivity contribution in [1.82, 2.24) is 14.9 Å². The van der Waals surface area contributed by atoms with E-state index in [-0.39, 0.29) is 18.4 Å². The van der Waals surface area contributed by atoms with E-state index in [2.05, 4.69) is 15.3 Å². The molecule has 10 nitrogen and oxygen atoms in total. The number of anilines is 3. The summed E-state index contributed by atoms with van der Waals surface area (Å²) in [6.45, 7) is 0.268. The molecule has 5 N–H and O–H groups in total. The minimum Gasteiger partial charge on any atom is -0.493 e. The zero-order valence-electron chi connectivity index (χ0n) is 20.4. The first-order chi connectivity index (χ1) is 17.2. The van der Waals surface area contributed by atoms with Crippen LogP contribution in [0.3, 0.4) is 0 Å². The molecule has 0 aliphatic rings. The predicted octanol–water partition coefficient (Wildman–Crippen LogP) is 3.96. The summed E-state index contributed by atoms with van der Waals surface area (Å²) >= 11 is 6.42. The number of halogens is 1. The molecule has 2 aromatic carbocycles. The highest BCUT2D eigenvalue weighted by molar-refractivity contribution is 6.34. The van der Waals surface area contributed by atoms with Crippen molar-refractivity contribution >= 4 is 45.9 Å². The van der Waals surface area contributed by atoms with Crippen molar-refractivity contribution in [2.45, 2.75) is 13.0 Å². The zero-order valence-corrected chi connectivity index (χ0v) is 21.1. The van der Waals surface area contributed by atoms with Crippen LogP contribution in [0.2, 0.25) is 5.02 Å². The van der Waals surface area contributed by atoms with Gasteiger partial charge < -0.3 is 35.6 Å². The van der Waals surface area contributed by atoms with Crippen LogP contribution in [-0.4, -0.2) is 49.1 Å². The molecule has 2 heterocycles. The minimum absolute atomic E-state index is 0.108. The molecule has 0 radical (unpaired) electrons. The highest BCUT2D eigenvalue weighted by Crippen LogP contribution is 2.41. The number of hydrogen-bond donors (Lipinski definition) is 3. The van der Waals surface area contributed by atoms with Crippen LogP contribution < -0.4 is 26.3 Å². The Kier molecular flexibility index (Phi) is 7.07. The second-order valence-electron chi connectivity index (χ2n) is 8.26. The van der Waals surface area contributed by atoms with Crippen molar-refractivity contribution in [2.75, 3.05) is 45.1 Å². The Bertz CT molecular complexity index is 1440. The van der Waals surface area contributed by atoms with Crippen molar-refractivity contribution < 1.29 is 18.7 Å². The fourth-order valence-electron chi connectivity index (χ4n) is 3.92. The first-order valence-corrected chi connectivity index (χ1v) is 11.4. The molecular formula is C25H27ClN6O4. The predicted molar refractivity (Wildman–Crippen MR) is 140 cm³/mol. The number of aromatic nitrogens is 2. The molecule has 0 saturated heterocycles. The Morgan fingerprint density at radius 3 is 2.61 bits per heavy atom. The second-order valence-corrected chi connectivity index (χ2v) is 8.66. The molecule has 0 aliphatic heterocycles. The lowest BCUT2D eigenvalue weighted by Crippen LogP contribution is -2.23. The van der Waals surface area contributed by atoms with Crippen molar-refractivity contribution in [1.29, 1.82) is 0 Å². The van der Waals surface area contributed by atoms with E-state index < -0.39 is 0 Å². The Hall–Kier alpha value is -4.18. The Balaban J connectivity index is 1.73. The summed E-state index contributed by atoms with van der Waals surface area (Å²) in [6, 6.07) is 8.95. The van der Waals surface area contributed by atoms with Crippen LogP contribution in [0.15, 0.2) is 40.9 Å². The summed E-state index contributed by atoms with van der Waals surface area (Å²) in [7, 11) is 6.48. The number of methoxy groups -OCH3 is 2. The van der Waals surface area contributed by atoms with Crippen LogP contribution in [-0.2, 0) is 13.0 Å². The van der Waals surface area contributed by atoms with Crippen LogP contribution in [0.5, 0.6) is 11.5 Å². The van der Waals surface area contributed by atoms with Crippen LogP contribution in [0.4, 0.5) is 17.5 Å². The van der Waals surface area contributed by atoms with Gasteiger partial charge in [0.05, 0.1) is 37.0 Å². The lowest BCUT2D eigenvalue weighted by Gasteiger charge is -2.16. The van der Waals surface area contributed by atoms with Gasteiger partial charge in [0.1, 0.15) is 11.6 Å². The van der Waals surface area contributed by atoms with Gasteiger partial charge in [-0.3, -0.25) is 4.79 Å². The number of para-hydroxylation sites is 1. The fourth-order valence-corrected chi connectivity index (χ4v) is 4.16. The molecule has 11 heteroatoms. The van der Waals surface area contributed by atoms with Gasteiger partial charge in [0, 0.05) is 37.7 Å². The quantitative estimate of drug-likeness (QED) is 0.321. The lowest BCUT2D eigenvalue weighted by molar-refractivity contribution is 0.0828. The second kappa shape index (κ2) is 10.2. The fraction of sp³-hybridized carbons (Fsp3) is 0.240. The summed E-state index contributed by atoms with van der Waals surface area (Å²) < 4.78 is 17.3. The third-order valence-corrected chi connectivity index (χ3v) is 5.99. The number of nitrogens with one attached hydrogen (secondary N) is 1. The highest BCUT2D eigenvalue weighted by Gasteiger charge is 2.21. The number of amides is 1. The summed E-state index contributed by atoms with van der Waals surface area (Å²) in [6.07, 6.45) is 2.02. The molecule has 0 bridgehead atoms. The number of carbonyl (C=O) groups is 1. The molecule has 0 unspecified atom stereocenters. The third-order valence-electron chi connectivity index (χ3n) is 5.68. The number of nitrogens with zero attached hydrogens (tertiary/aromatic N) is 3. The normalized spacial score (nSPS) is 10.9. The molecule has 0 atom stereocenters. The van der Waals surface area contributed by atoms with Crippen molar-refractivity contribution in [3.8, 4) is 11.5 Å². The maximum absolute atomic E-state index is 12.6. The van der Waals surface area contributed by atoms with E-state index in [0.717, 1.165) is 10.9 Å². The molecule has 188 valence electrons. The number of hydrogen-bond acceptors (Lipinski definition) is 9. The molecule has 0 fully saturated rings. The van der Waals surface area contributed by atoms with Crippen molar-refractivity contribution in [2.24, 2.45) is 0 Å². The summed E-state index contributed by atoms with van der Waals surface area (Å²) in [5.41, 5.74) is 14.8. The van der Waals surface area contributed by atoms with Crippen LogP contribution in [0.25, 0.3) is 11.0 Å². The van der Waals surface area contributed by atoms with Gasteiger partial charge in [0.15, 0.2) is 11.3 Å². The standard InChI is InChI=1S/C25H27ClN6O4/c1-32(2)24(33)16-6-5-7-18(26)20(16)29-12-15-10-17-13(8-14-11-30-25(28)31-23(14)27)9-19(34-3)22(35-4)21(17)36-15/h5-7,9-11,29H,8,12H2,1-4H3,(H4,27,28,30,31). The van der Waals surface area contributed by atoms with E-state index in [1.165, 1.54) is 4.90 Å².